The zero-order valence-electron chi connectivity index (χ0n) is 11.0. The molecule has 1 amide bonds. The van der Waals surface area contributed by atoms with Gasteiger partial charge < -0.3 is 15.2 Å². The summed E-state index contributed by atoms with van der Waals surface area (Å²) in [5.41, 5.74) is 1.42. The average Bonchev–Trinajstić information content (AvgIpc) is 2.94. The number of aromatic carboxylic acids is 1. The van der Waals surface area contributed by atoms with E-state index in [1.165, 1.54) is 12.3 Å². The van der Waals surface area contributed by atoms with Crippen LogP contribution >= 0.6 is 0 Å². The summed E-state index contributed by atoms with van der Waals surface area (Å²) >= 11 is 0. The van der Waals surface area contributed by atoms with Gasteiger partial charge in [-0.3, -0.25) is 4.79 Å². The molecule has 6 nitrogen and oxygen atoms in total. The van der Waals surface area contributed by atoms with Crippen molar-refractivity contribution in [2.75, 3.05) is 11.9 Å². The fourth-order valence-electron chi connectivity index (χ4n) is 2.20. The quantitative estimate of drug-likeness (QED) is 0.899. The molecule has 0 fully saturated rings. The van der Waals surface area contributed by atoms with Crippen molar-refractivity contribution >= 4 is 17.6 Å². The average molecular weight is 284 g/mol. The molecule has 0 spiro atoms. The Bertz CT molecular complexity index is 727. The Morgan fingerprint density at radius 1 is 1.29 bits per heavy atom. The van der Waals surface area contributed by atoms with Crippen molar-refractivity contribution in [2.24, 2.45) is 0 Å². The van der Waals surface area contributed by atoms with E-state index in [0.717, 1.165) is 17.7 Å². The van der Waals surface area contributed by atoms with Gasteiger partial charge in [0.25, 0.3) is 5.91 Å². The molecule has 1 aromatic heterocycles. The lowest BCUT2D eigenvalue weighted by molar-refractivity contribution is 0.0691. The summed E-state index contributed by atoms with van der Waals surface area (Å²) in [5, 5.41) is 11.6. The molecule has 2 aromatic rings. The maximum Gasteiger partial charge on any atom is 0.356 e. The molecule has 6 heteroatoms. The molecular formula is C15H12N2O4. The molecule has 2 N–H and O–H groups in total. The fraction of sp³-hybridized carbons (Fsp3) is 0.133. The van der Waals surface area contributed by atoms with Crippen LogP contribution in [0.15, 0.2) is 36.5 Å². The Balaban J connectivity index is 1.85. The van der Waals surface area contributed by atoms with Crippen molar-refractivity contribution in [2.45, 2.75) is 6.42 Å². The number of carbonyl (C=O) groups is 2. The second kappa shape index (κ2) is 5.24. The zero-order chi connectivity index (χ0) is 14.8. The van der Waals surface area contributed by atoms with Gasteiger partial charge in [0.05, 0.1) is 12.3 Å². The summed E-state index contributed by atoms with van der Waals surface area (Å²) in [6, 6.07) is 8.23. The molecule has 0 saturated heterocycles. The number of nitrogens with zero attached hydrogens (tertiary/aromatic N) is 1. The smallest absolute Gasteiger partial charge is 0.356 e. The van der Waals surface area contributed by atoms with Gasteiger partial charge in [-0.15, -0.1) is 0 Å². The number of anilines is 1. The summed E-state index contributed by atoms with van der Waals surface area (Å²) in [7, 11) is 0. The lowest BCUT2D eigenvalue weighted by atomic mass is 10.1. The van der Waals surface area contributed by atoms with Crippen LogP contribution in [-0.2, 0) is 6.42 Å². The van der Waals surface area contributed by atoms with Gasteiger partial charge in [-0.2, -0.15) is 0 Å². The van der Waals surface area contributed by atoms with E-state index >= 15 is 0 Å². The number of nitrogens with one attached hydrogen (secondary N) is 1. The van der Waals surface area contributed by atoms with Crippen LogP contribution in [0.3, 0.4) is 0 Å². The van der Waals surface area contributed by atoms with E-state index in [9.17, 15) is 9.59 Å². The standard InChI is InChI=1S/C15H12N2O4/c18-14(10-3-4-12-9(8-10)5-7-21-12)17-11-2-1-6-16-13(11)15(19)20/h1-4,6,8H,5,7H2,(H,17,18)(H,19,20). The van der Waals surface area contributed by atoms with Gasteiger partial charge in [0.1, 0.15) is 5.75 Å². The Morgan fingerprint density at radius 3 is 2.95 bits per heavy atom. The number of rotatable bonds is 3. The van der Waals surface area contributed by atoms with E-state index in [4.69, 9.17) is 9.84 Å². The summed E-state index contributed by atoms with van der Waals surface area (Å²) in [5.74, 6) is -0.771. The SMILES string of the molecule is O=C(Nc1cccnc1C(=O)O)c1ccc2c(c1)CCO2. The van der Waals surface area contributed by atoms with E-state index in [1.807, 2.05) is 0 Å². The molecule has 106 valence electrons. The predicted molar refractivity (Wildman–Crippen MR) is 74.8 cm³/mol. The minimum atomic E-state index is -1.19. The molecule has 1 aliphatic heterocycles. The van der Waals surface area contributed by atoms with E-state index in [0.29, 0.717) is 12.2 Å². The molecule has 21 heavy (non-hydrogen) atoms. The van der Waals surface area contributed by atoms with Gasteiger partial charge in [0, 0.05) is 18.2 Å². The first-order valence-corrected chi connectivity index (χ1v) is 6.40. The number of benzene rings is 1. The number of carboxylic acid groups (broad SMARTS) is 1. The van der Waals surface area contributed by atoms with Gasteiger partial charge in [-0.1, -0.05) is 0 Å². The number of ether oxygens (including phenoxy) is 1. The van der Waals surface area contributed by atoms with E-state index in [1.54, 1.807) is 24.3 Å². The highest BCUT2D eigenvalue weighted by Crippen LogP contribution is 2.26. The molecule has 2 heterocycles. The second-order valence-corrected chi connectivity index (χ2v) is 4.58. The van der Waals surface area contributed by atoms with E-state index < -0.39 is 5.97 Å². The van der Waals surface area contributed by atoms with Crippen LogP contribution in [0, 0.1) is 0 Å². The van der Waals surface area contributed by atoms with Crippen molar-refractivity contribution in [3.63, 3.8) is 0 Å². The summed E-state index contributed by atoms with van der Waals surface area (Å²) in [6.45, 7) is 0.617. The summed E-state index contributed by atoms with van der Waals surface area (Å²) in [4.78, 5) is 27.0. The highest BCUT2D eigenvalue weighted by Gasteiger charge is 2.17. The topological polar surface area (TPSA) is 88.5 Å². The lowest BCUT2D eigenvalue weighted by Gasteiger charge is -2.08. The minimum Gasteiger partial charge on any atom is -0.493 e. The maximum absolute atomic E-state index is 12.2. The third-order valence-electron chi connectivity index (χ3n) is 3.21. The first-order chi connectivity index (χ1) is 10.1. The van der Waals surface area contributed by atoms with Crippen LogP contribution in [0.5, 0.6) is 5.75 Å². The van der Waals surface area contributed by atoms with Crippen molar-refractivity contribution < 1.29 is 19.4 Å². The number of pyridine rings is 1. The number of hydrogen-bond donors (Lipinski definition) is 2. The Hall–Kier alpha value is -2.89. The van der Waals surface area contributed by atoms with Gasteiger partial charge in [0.15, 0.2) is 5.69 Å². The third-order valence-corrected chi connectivity index (χ3v) is 3.21. The van der Waals surface area contributed by atoms with Crippen LogP contribution in [0.4, 0.5) is 5.69 Å². The molecule has 0 aliphatic carbocycles. The number of carbonyl (C=O) groups excluding carboxylic acids is 1. The number of fused-ring (bicyclic) bond motifs is 1. The minimum absolute atomic E-state index is 0.173. The van der Waals surface area contributed by atoms with E-state index in [2.05, 4.69) is 10.3 Å². The predicted octanol–water partition coefficient (Wildman–Crippen LogP) is 1.97. The maximum atomic E-state index is 12.2. The van der Waals surface area contributed by atoms with Crippen molar-refractivity contribution in [1.29, 1.82) is 0 Å². The highest BCUT2D eigenvalue weighted by molar-refractivity contribution is 6.07. The Labute approximate surface area is 120 Å². The van der Waals surface area contributed by atoms with Crippen LogP contribution in [-0.4, -0.2) is 28.6 Å². The Kier molecular flexibility index (Phi) is 3.27. The lowest BCUT2D eigenvalue weighted by Crippen LogP contribution is -2.15. The van der Waals surface area contributed by atoms with Gasteiger partial charge in [-0.05, 0) is 35.9 Å². The normalized spacial score (nSPS) is 12.4. The van der Waals surface area contributed by atoms with Gasteiger partial charge >= 0.3 is 5.97 Å². The highest BCUT2D eigenvalue weighted by atomic mass is 16.5. The third kappa shape index (κ3) is 2.55. The number of aromatic nitrogens is 1. The molecule has 0 bridgehead atoms. The number of amides is 1. The molecular weight excluding hydrogens is 272 g/mol. The molecule has 1 aromatic carbocycles. The molecule has 0 unspecified atom stereocenters. The number of hydrogen-bond acceptors (Lipinski definition) is 4. The van der Waals surface area contributed by atoms with Gasteiger partial charge in [0.2, 0.25) is 0 Å². The summed E-state index contributed by atoms with van der Waals surface area (Å²) in [6.07, 6.45) is 2.13. The number of carboxylic acids is 1. The van der Waals surface area contributed by atoms with Crippen LogP contribution in [0.1, 0.15) is 26.4 Å². The Morgan fingerprint density at radius 2 is 2.14 bits per heavy atom. The first-order valence-electron chi connectivity index (χ1n) is 6.40. The molecule has 1 aliphatic rings. The van der Waals surface area contributed by atoms with Crippen molar-refractivity contribution in [3.8, 4) is 5.75 Å². The van der Waals surface area contributed by atoms with Crippen LogP contribution in [0.2, 0.25) is 0 Å². The molecule has 0 radical (unpaired) electrons. The monoisotopic (exact) mass is 284 g/mol. The fourth-order valence-corrected chi connectivity index (χ4v) is 2.20. The largest absolute Gasteiger partial charge is 0.493 e. The molecule has 3 rings (SSSR count). The zero-order valence-corrected chi connectivity index (χ0v) is 11.0. The molecule has 0 atom stereocenters. The van der Waals surface area contributed by atoms with Crippen LogP contribution < -0.4 is 10.1 Å². The van der Waals surface area contributed by atoms with Crippen LogP contribution in [0.25, 0.3) is 0 Å². The molecule has 0 saturated carbocycles. The van der Waals surface area contributed by atoms with Gasteiger partial charge in [-0.25, -0.2) is 9.78 Å². The second-order valence-electron chi connectivity index (χ2n) is 4.58. The van der Waals surface area contributed by atoms with E-state index in [-0.39, 0.29) is 17.3 Å². The van der Waals surface area contributed by atoms with Crippen molar-refractivity contribution in [1.82, 2.24) is 4.98 Å². The first kappa shape index (κ1) is 13.1. The summed E-state index contributed by atoms with van der Waals surface area (Å²) < 4.78 is 5.38. The van der Waals surface area contributed by atoms with Crippen molar-refractivity contribution in [3.05, 3.63) is 53.3 Å².